The van der Waals surface area contributed by atoms with Crippen LogP contribution in [-0.4, -0.2) is 10.9 Å². The first-order valence-corrected chi connectivity index (χ1v) is 7.34. The monoisotopic (exact) mass is 341 g/mol. The van der Waals surface area contributed by atoms with E-state index in [4.69, 9.17) is 0 Å². The summed E-state index contributed by atoms with van der Waals surface area (Å²) in [5.74, 6) is -1.61. The molecule has 2 aromatic carbocycles. The molecule has 0 saturated heterocycles. The van der Waals surface area contributed by atoms with Crippen LogP contribution in [0.2, 0.25) is 0 Å². The Hall–Kier alpha value is -3.48. The highest BCUT2D eigenvalue weighted by molar-refractivity contribution is 6.06. The number of aromatic nitrogens is 1. The first-order valence-electron chi connectivity index (χ1n) is 7.34. The minimum absolute atomic E-state index is 0.139. The fraction of sp³-hybridized carbons (Fsp3) is 0. The normalized spacial score (nSPS) is 10.3. The van der Waals surface area contributed by atoms with Crippen LogP contribution in [0.5, 0.6) is 0 Å². The Balaban J connectivity index is 1.90. The van der Waals surface area contributed by atoms with Gasteiger partial charge in [0, 0.05) is 17.8 Å². The van der Waals surface area contributed by atoms with Crippen LogP contribution < -0.4 is 16.2 Å². The molecule has 0 aliphatic carbocycles. The summed E-state index contributed by atoms with van der Waals surface area (Å²) in [5, 5.41) is 5.33. The molecule has 3 N–H and O–H groups in total. The van der Waals surface area contributed by atoms with E-state index in [0.717, 1.165) is 12.1 Å². The van der Waals surface area contributed by atoms with Crippen LogP contribution in [-0.2, 0) is 0 Å². The molecule has 0 unspecified atom stereocenters. The number of hydrogen-bond donors (Lipinski definition) is 3. The smallest absolute Gasteiger partial charge is 0.255 e. The molecule has 0 saturated carbocycles. The van der Waals surface area contributed by atoms with Crippen LogP contribution in [0.1, 0.15) is 10.4 Å². The first kappa shape index (κ1) is 16.4. The van der Waals surface area contributed by atoms with Gasteiger partial charge in [0.25, 0.3) is 5.91 Å². The number of halogens is 2. The Morgan fingerprint density at radius 1 is 0.920 bits per heavy atom. The van der Waals surface area contributed by atoms with Crippen LogP contribution in [0.25, 0.3) is 0 Å². The second kappa shape index (κ2) is 6.96. The van der Waals surface area contributed by atoms with Gasteiger partial charge in [-0.3, -0.25) is 9.59 Å². The van der Waals surface area contributed by atoms with Crippen molar-refractivity contribution in [1.29, 1.82) is 0 Å². The van der Waals surface area contributed by atoms with Gasteiger partial charge in [0.2, 0.25) is 5.56 Å². The number of carbonyl (C=O) groups is 1. The Bertz CT molecular complexity index is 986. The summed E-state index contributed by atoms with van der Waals surface area (Å²) in [4.78, 5) is 26.0. The van der Waals surface area contributed by atoms with E-state index < -0.39 is 23.1 Å². The third kappa shape index (κ3) is 3.89. The van der Waals surface area contributed by atoms with Crippen LogP contribution in [0.3, 0.4) is 0 Å². The molecular formula is C18H13F2N3O2. The van der Waals surface area contributed by atoms with E-state index in [9.17, 15) is 18.4 Å². The summed E-state index contributed by atoms with van der Waals surface area (Å²) in [6.07, 6.45) is 1.35. The fourth-order valence-corrected chi connectivity index (χ4v) is 2.22. The van der Waals surface area contributed by atoms with E-state index in [1.54, 1.807) is 6.07 Å². The van der Waals surface area contributed by atoms with Crippen molar-refractivity contribution in [2.24, 2.45) is 0 Å². The fourth-order valence-electron chi connectivity index (χ4n) is 2.22. The van der Waals surface area contributed by atoms with Crippen LogP contribution in [0.15, 0.2) is 65.6 Å². The summed E-state index contributed by atoms with van der Waals surface area (Å²) >= 11 is 0. The van der Waals surface area contributed by atoms with Crippen molar-refractivity contribution in [3.05, 3.63) is 88.3 Å². The highest BCUT2D eigenvalue weighted by atomic mass is 19.1. The number of amides is 1. The zero-order valence-electron chi connectivity index (χ0n) is 12.8. The molecular weight excluding hydrogens is 328 g/mol. The zero-order chi connectivity index (χ0) is 17.8. The maximum atomic E-state index is 13.8. The van der Waals surface area contributed by atoms with Crippen molar-refractivity contribution in [2.45, 2.75) is 0 Å². The predicted molar refractivity (Wildman–Crippen MR) is 91.1 cm³/mol. The minimum Gasteiger partial charge on any atom is -0.351 e. The first-order chi connectivity index (χ1) is 12.0. The molecule has 5 nitrogen and oxygen atoms in total. The maximum absolute atomic E-state index is 13.8. The molecule has 3 aromatic rings. The lowest BCUT2D eigenvalue weighted by Crippen LogP contribution is -2.16. The van der Waals surface area contributed by atoms with Gasteiger partial charge in [-0.05, 0) is 36.4 Å². The molecule has 25 heavy (non-hydrogen) atoms. The number of hydrogen-bond acceptors (Lipinski definition) is 3. The second-order valence-corrected chi connectivity index (χ2v) is 5.19. The van der Waals surface area contributed by atoms with Gasteiger partial charge in [-0.25, -0.2) is 8.78 Å². The molecule has 0 radical (unpaired) electrons. The molecule has 0 spiro atoms. The van der Waals surface area contributed by atoms with Gasteiger partial charge in [0.1, 0.15) is 11.6 Å². The van der Waals surface area contributed by atoms with Gasteiger partial charge >= 0.3 is 0 Å². The van der Waals surface area contributed by atoms with Gasteiger partial charge in [-0.2, -0.15) is 0 Å². The van der Waals surface area contributed by atoms with Crippen LogP contribution in [0, 0.1) is 11.6 Å². The van der Waals surface area contributed by atoms with Crippen LogP contribution >= 0.6 is 0 Å². The average Bonchev–Trinajstić information content (AvgIpc) is 2.59. The second-order valence-electron chi connectivity index (χ2n) is 5.19. The molecule has 1 heterocycles. The Morgan fingerprint density at radius 2 is 1.72 bits per heavy atom. The number of aromatic amines is 1. The van der Waals surface area contributed by atoms with Crippen molar-refractivity contribution >= 4 is 23.0 Å². The van der Waals surface area contributed by atoms with Crippen molar-refractivity contribution < 1.29 is 13.6 Å². The Kier molecular flexibility index (Phi) is 4.56. The molecule has 0 fully saturated rings. The number of benzene rings is 2. The van der Waals surface area contributed by atoms with E-state index in [1.165, 1.54) is 42.6 Å². The third-order valence-electron chi connectivity index (χ3n) is 3.41. The molecule has 0 aliphatic heterocycles. The molecule has 0 aliphatic rings. The third-order valence-corrected chi connectivity index (χ3v) is 3.41. The van der Waals surface area contributed by atoms with Crippen molar-refractivity contribution in [3.63, 3.8) is 0 Å². The number of nitrogens with one attached hydrogen (secondary N) is 3. The lowest BCUT2D eigenvalue weighted by Gasteiger charge is -2.14. The molecule has 0 bridgehead atoms. The van der Waals surface area contributed by atoms with Gasteiger partial charge in [0.15, 0.2) is 0 Å². The van der Waals surface area contributed by atoms with E-state index in [-0.39, 0.29) is 22.6 Å². The average molecular weight is 341 g/mol. The van der Waals surface area contributed by atoms with E-state index >= 15 is 0 Å². The summed E-state index contributed by atoms with van der Waals surface area (Å²) in [6.45, 7) is 0. The highest BCUT2D eigenvalue weighted by Gasteiger charge is 2.12. The number of para-hydroxylation sites is 1. The quantitative estimate of drug-likeness (QED) is 0.678. The van der Waals surface area contributed by atoms with E-state index in [1.807, 2.05) is 0 Å². The molecule has 0 atom stereocenters. The highest BCUT2D eigenvalue weighted by Crippen LogP contribution is 2.28. The van der Waals surface area contributed by atoms with Crippen LogP contribution in [0.4, 0.5) is 25.8 Å². The lowest BCUT2D eigenvalue weighted by molar-refractivity contribution is 0.102. The molecule has 1 aromatic heterocycles. The summed E-state index contributed by atoms with van der Waals surface area (Å²) in [6, 6.07) is 12.1. The molecule has 3 rings (SSSR count). The summed E-state index contributed by atoms with van der Waals surface area (Å²) in [7, 11) is 0. The molecule has 7 heteroatoms. The van der Waals surface area contributed by atoms with Gasteiger partial charge < -0.3 is 15.6 Å². The Morgan fingerprint density at radius 3 is 2.48 bits per heavy atom. The SMILES string of the molecule is O=C(Nc1ccc(F)cc1Nc1ccccc1F)c1cc[nH]c(=O)c1. The zero-order valence-corrected chi connectivity index (χ0v) is 12.8. The number of pyridine rings is 1. The minimum atomic E-state index is -0.548. The number of anilines is 3. The van der Waals surface area contributed by atoms with Crippen molar-refractivity contribution in [1.82, 2.24) is 4.98 Å². The van der Waals surface area contributed by atoms with E-state index in [0.29, 0.717) is 0 Å². The van der Waals surface area contributed by atoms with Gasteiger partial charge in [-0.1, -0.05) is 12.1 Å². The Labute approximate surface area is 141 Å². The lowest BCUT2D eigenvalue weighted by atomic mass is 10.2. The van der Waals surface area contributed by atoms with Gasteiger partial charge in [0.05, 0.1) is 17.1 Å². The molecule has 1 amide bonds. The van der Waals surface area contributed by atoms with Crippen molar-refractivity contribution in [3.8, 4) is 0 Å². The topological polar surface area (TPSA) is 74.0 Å². The van der Waals surface area contributed by atoms with Gasteiger partial charge in [-0.15, -0.1) is 0 Å². The number of rotatable bonds is 4. The predicted octanol–water partition coefficient (Wildman–Crippen LogP) is 3.65. The van der Waals surface area contributed by atoms with Crippen molar-refractivity contribution in [2.75, 3.05) is 10.6 Å². The standard InChI is InChI=1S/C18H13F2N3O2/c19-12-5-6-15(23-18(25)11-7-8-21-17(24)9-11)16(10-12)22-14-4-2-1-3-13(14)20/h1-10,22H,(H,21,24)(H,23,25). The summed E-state index contributed by atoms with van der Waals surface area (Å²) in [5.41, 5.74) is 0.291. The number of carbonyl (C=O) groups excluding carboxylic acids is 1. The largest absolute Gasteiger partial charge is 0.351 e. The summed E-state index contributed by atoms with van der Waals surface area (Å²) < 4.78 is 27.4. The number of H-pyrrole nitrogens is 1. The molecule has 126 valence electrons. The van der Waals surface area contributed by atoms with E-state index in [2.05, 4.69) is 15.6 Å². The maximum Gasteiger partial charge on any atom is 0.255 e.